The molecule has 3 rings (SSSR count). The van der Waals surface area contributed by atoms with E-state index in [0.29, 0.717) is 27.7 Å². The van der Waals surface area contributed by atoms with E-state index >= 15 is 0 Å². The average Bonchev–Trinajstić information content (AvgIpc) is 2.92. The van der Waals surface area contributed by atoms with Gasteiger partial charge in [0, 0.05) is 17.1 Å². The van der Waals surface area contributed by atoms with Crippen LogP contribution >= 0.6 is 39.1 Å². The van der Waals surface area contributed by atoms with E-state index in [1.807, 2.05) is 13.8 Å². The van der Waals surface area contributed by atoms with Gasteiger partial charge in [0.2, 0.25) is 11.8 Å². The number of carbonyl (C=O) groups is 2. The molecule has 0 aliphatic heterocycles. The van der Waals surface area contributed by atoms with E-state index in [1.165, 1.54) is 17.0 Å². The van der Waals surface area contributed by atoms with Crippen molar-refractivity contribution in [1.29, 1.82) is 0 Å². The number of anilines is 1. The highest BCUT2D eigenvalue weighted by Crippen LogP contribution is 2.27. The summed E-state index contributed by atoms with van der Waals surface area (Å²) in [6, 6.07) is 18.5. The third kappa shape index (κ3) is 7.97. The zero-order valence-electron chi connectivity index (χ0n) is 21.8. The first-order valence-electron chi connectivity index (χ1n) is 12.3. The fourth-order valence-electron chi connectivity index (χ4n) is 3.74. The Labute approximate surface area is 248 Å². The first-order valence-corrected chi connectivity index (χ1v) is 15.3. The highest BCUT2D eigenvalue weighted by molar-refractivity contribution is 9.10. The molecule has 0 aromatic heterocycles. The number of halogens is 3. The summed E-state index contributed by atoms with van der Waals surface area (Å²) in [5.74, 6) is -0.908. The molecule has 7 nitrogen and oxygen atoms in total. The standard InChI is InChI=1S/C28H30BrCl2N3O4S/c1-4-19(2)32-28(36)20(3)33(17-21-10-15-25(30)26(31)16-21)27(35)18-34(23-13-11-22(29)12-14-23)39(37,38)24-8-6-5-7-9-24/h5-16,19-20H,4,17-18H2,1-3H3,(H,32,36)/t19-,20-/m0/s1. The summed E-state index contributed by atoms with van der Waals surface area (Å²) >= 11 is 15.6. The van der Waals surface area contributed by atoms with Gasteiger partial charge in [-0.25, -0.2) is 8.42 Å². The van der Waals surface area contributed by atoms with E-state index in [2.05, 4.69) is 21.2 Å². The molecule has 39 heavy (non-hydrogen) atoms. The fraction of sp³-hybridized carbons (Fsp3) is 0.286. The maximum absolute atomic E-state index is 13.9. The highest BCUT2D eigenvalue weighted by Gasteiger charge is 2.32. The number of rotatable bonds is 11. The Morgan fingerprint density at radius 3 is 2.18 bits per heavy atom. The van der Waals surface area contributed by atoms with Crippen molar-refractivity contribution in [2.45, 2.75) is 50.7 Å². The van der Waals surface area contributed by atoms with Crippen LogP contribution in [0.5, 0.6) is 0 Å². The van der Waals surface area contributed by atoms with E-state index in [9.17, 15) is 18.0 Å². The maximum Gasteiger partial charge on any atom is 0.264 e. The topological polar surface area (TPSA) is 86.8 Å². The van der Waals surface area contributed by atoms with Crippen LogP contribution in [0.15, 0.2) is 82.2 Å². The van der Waals surface area contributed by atoms with Crippen molar-refractivity contribution in [2.24, 2.45) is 0 Å². The van der Waals surface area contributed by atoms with Gasteiger partial charge in [-0.05, 0) is 74.4 Å². The van der Waals surface area contributed by atoms with Crippen LogP contribution in [0.4, 0.5) is 5.69 Å². The van der Waals surface area contributed by atoms with Gasteiger partial charge >= 0.3 is 0 Å². The molecule has 2 amide bonds. The monoisotopic (exact) mass is 653 g/mol. The summed E-state index contributed by atoms with van der Waals surface area (Å²) in [5, 5.41) is 3.57. The molecule has 0 saturated carbocycles. The second kappa shape index (κ2) is 13.7. The molecule has 11 heteroatoms. The fourth-order valence-corrected chi connectivity index (χ4v) is 5.76. The maximum atomic E-state index is 13.9. The number of carbonyl (C=O) groups excluding carboxylic acids is 2. The van der Waals surface area contributed by atoms with E-state index < -0.39 is 28.5 Å². The van der Waals surface area contributed by atoms with Gasteiger partial charge < -0.3 is 10.2 Å². The minimum absolute atomic E-state index is 0.0182. The lowest BCUT2D eigenvalue weighted by atomic mass is 10.1. The number of nitrogens with one attached hydrogen (secondary N) is 1. The van der Waals surface area contributed by atoms with Crippen LogP contribution in [-0.4, -0.2) is 43.8 Å². The van der Waals surface area contributed by atoms with Crippen LogP contribution < -0.4 is 9.62 Å². The molecule has 0 saturated heterocycles. The van der Waals surface area contributed by atoms with Gasteiger partial charge in [-0.2, -0.15) is 0 Å². The smallest absolute Gasteiger partial charge is 0.264 e. The second-order valence-corrected chi connectivity index (χ2v) is 12.7. The molecule has 2 atom stereocenters. The van der Waals surface area contributed by atoms with Crippen LogP contribution in [-0.2, 0) is 26.2 Å². The minimum Gasteiger partial charge on any atom is -0.352 e. The molecular formula is C28H30BrCl2N3O4S. The summed E-state index contributed by atoms with van der Waals surface area (Å²) in [7, 11) is -4.12. The third-order valence-electron chi connectivity index (χ3n) is 6.23. The van der Waals surface area contributed by atoms with Gasteiger partial charge in [-0.15, -0.1) is 0 Å². The van der Waals surface area contributed by atoms with Crippen molar-refractivity contribution < 1.29 is 18.0 Å². The molecule has 3 aromatic carbocycles. The molecule has 0 bridgehead atoms. The van der Waals surface area contributed by atoms with Crippen LogP contribution in [0.3, 0.4) is 0 Å². The number of hydrogen-bond donors (Lipinski definition) is 1. The van der Waals surface area contributed by atoms with E-state index in [4.69, 9.17) is 23.2 Å². The summed E-state index contributed by atoms with van der Waals surface area (Å²) in [6.07, 6.45) is 0.714. The Morgan fingerprint density at radius 2 is 1.59 bits per heavy atom. The Bertz CT molecular complexity index is 1410. The van der Waals surface area contributed by atoms with Gasteiger partial charge in [0.25, 0.3) is 10.0 Å². The van der Waals surface area contributed by atoms with Gasteiger partial charge in [-0.3, -0.25) is 13.9 Å². The minimum atomic E-state index is -4.12. The Kier molecular flexibility index (Phi) is 10.8. The normalized spacial score (nSPS) is 12.9. The number of benzene rings is 3. The highest BCUT2D eigenvalue weighted by atomic mass is 79.9. The number of nitrogens with zero attached hydrogens (tertiary/aromatic N) is 2. The predicted octanol–water partition coefficient (Wildman–Crippen LogP) is 6.28. The number of amides is 2. The van der Waals surface area contributed by atoms with Crippen molar-refractivity contribution in [2.75, 3.05) is 10.8 Å². The quantitative estimate of drug-likeness (QED) is 0.264. The molecule has 0 spiro atoms. The molecule has 0 aliphatic rings. The summed E-state index contributed by atoms with van der Waals surface area (Å²) in [6.45, 7) is 4.92. The molecule has 1 N–H and O–H groups in total. The zero-order valence-corrected chi connectivity index (χ0v) is 25.7. The van der Waals surface area contributed by atoms with E-state index in [0.717, 1.165) is 8.78 Å². The lowest BCUT2D eigenvalue weighted by Gasteiger charge is -2.32. The van der Waals surface area contributed by atoms with Gasteiger partial charge in [0.15, 0.2) is 0 Å². The molecular weight excluding hydrogens is 625 g/mol. The van der Waals surface area contributed by atoms with E-state index in [-0.39, 0.29) is 23.4 Å². The van der Waals surface area contributed by atoms with E-state index in [1.54, 1.807) is 67.6 Å². The van der Waals surface area contributed by atoms with Crippen molar-refractivity contribution >= 4 is 66.7 Å². The molecule has 0 unspecified atom stereocenters. The molecule has 0 fully saturated rings. The van der Waals surface area contributed by atoms with Crippen molar-refractivity contribution in [3.63, 3.8) is 0 Å². The van der Waals surface area contributed by atoms with Crippen LogP contribution in [0.25, 0.3) is 0 Å². The molecule has 3 aromatic rings. The first-order chi connectivity index (χ1) is 18.4. The van der Waals surface area contributed by atoms with Gasteiger partial charge in [0.05, 0.1) is 20.6 Å². The van der Waals surface area contributed by atoms with Crippen LogP contribution in [0.1, 0.15) is 32.8 Å². The molecule has 0 heterocycles. The SMILES string of the molecule is CC[C@H](C)NC(=O)[C@H](C)N(Cc1ccc(Cl)c(Cl)c1)C(=O)CN(c1ccc(Br)cc1)S(=O)(=O)c1ccccc1. The second-order valence-electron chi connectivity index (χ2n) is 9.07. The van der Waals surface area contributed by atoms with Crippen molar-refractivity contribution in [1.82, 2.24) is 10.2 Å². The van der Waals surface area contributed by atoms with Crippen molar-refractivity contribution in [3.05, 3.63) is 92.9 Å². The summed E-state index contributed by atoms with van der Waals surface area (Å²) in [5.41, 5.74) is 0.948. The third-order valence-corrected chi connectivity index (χ3v) is 9.29. The number of hydrogen-bond acceptors (Lipinski definition) is 4. The molecule has 0 radical (unpaired) electrons. The molecule has 208 valence electrons. The Morgan fingerprint density at radius 1 is 0.949 bits per heavy atom. The van der Waals surface area contributed by atoms with Crippen LogP contribution in [0.2, 0.25) is 10.0 Å². The number of sulfonamides is 1. The zero-order chi connectivity index (χ0) is 28.7. The van der Waals surface area contributed by atoms with Crippen molar-refractivity contribution in [3.8, 4) is 0 Å². The Hall–Kier alpha value is -2.59. The van der Waals surface area contributed by atoms with Crippen LogP contribution in [0, 0.1) is 0 Å². The van der Waals surface area contributed by atoms with Gasteiger partial charge in [0.1, 0.15) is 12.6 Å². The summed E-state index contributed by atoms with van der Waals surface area (Å²) < 4.78 is 29.3. The lowest BCUT2D eigenvalue weighted by molar-refractivity contribution is -0.139. The summed E-state index contributed by atoms with van der Waals surface area (Å²) in [4.78, 5) is 28.4. The predicted molar refractivity (Wildman–Crippen MR) is 159 cm³/mol. The largest absolute Gasteiger partial charge is 0.352 e. The lowest BCUT2D eigenvalue weighted by Crippen LogP contribution is -2.52. The van der Waals surface area contributed by atoms with Gasteiger partial charge in [-0.1, -0.05) is 70.3 Å². The average molecular weight is 655 g/mol. The molecule has 0 aliphatic carbocycles. The Balaban J connectivity index is 2.02. The first kappa shape index (κ1) is 30.9.